The van der Waals surface area contributed by atoms with Gasteiger partial charge in [0.15, 0.2) is 0 Å². The third-order valence-corrected chi connectivity index (χ3v) is 2.25. The van der Waals surface area contributed by atoms with Crippen molar-refractivity contribution in [2.24, 2.45) is 0 Å². The number of carbonyl (C=O) groups is 1. The van der Waals surface area contributed by atoms with Crippen LogP contribution in [0.3, 0.4) is 0 Å². The molecule has 1 aromatic carbocycles. The molecule has 0 aliphatic heterocycles. The minimum Gasteiger partial charge on any atom is -0.542 e. The second kappa shape index (κ2) is 10.3. The fourth-order valence-electron chi connectivity index (χ4n) is 1.24. The number of rotatable bonds is 6. The van der Waals surface area contributed by atoms with Gasteiger partial charge in [-0.15, -0.1) is 0 Å². The van der Waals surface area contributed by atoms with Crippen LogP contribution in [0.4, 0.5) is 26.7 Å². The molecule has 1 rings (SSSR count). The summed E-state index contributed by atoms with van der Waals surface area (Å²) in [6.45, 7) is -0.254. The van der Waals surface area contributed by atoms with Crippen molar-refractivity contribution in [2.45, 2.75) is 19.3 Å². The normalized spacial score (nSPS) is 9.86. The zero-order valence-corrected chi connectivity index (χ0v) is 14.5. The molecule has 10 heteroatoms. The Hall–Kier alpha value is -0.554. The van der Waals surface area contributed by atoms with Crippen LogP contribution < -0.4 is 56.1 Å². The molecule has 0 aliphatic rings. The number of ether oxygens (including phenoxy) is 2. The van der Waals surface area contributed by atoms with E-state index in [4.69, 9.17) is 0 Å². The zero-order valence-electron chi connectivity index (χ0n) is 11.4. The van der Waals surface area contributed by atoms with Gasteiger partial charge in [-0.3, -0.25) is 6.29 Å². The maximum atomic E-state index is 13.2. The van der Waals surface area contributed by atoms with Crippen LogP contribution in [-0.2, 0) is 9.53 Å². The molecule has 0 aromatic heterocycles. The Kier molecular flexibility index (Phi) is 10.0. The predicted octanol–water partition coefficient (Wildman–Crippen LogP) is 0.182. The van der Waals surface area contributed by atoms with Crippen LogP contribution in [0.2, 0.25) is 0 Å². The van der Waals surface area contributed by atoms with Gasteiger partial charge in [-0.1, -0.05) is 6.42 Å². The Balaban J connectivity index is 0.00000441. The standard InChI is InChI=1S/C12H8F5O4.K/c13-6-7(14)9(16)11(10(17)8(6)15)21-12(19)20-5-3-1-2-4-18;/h1-3,5H2;/q-1;+1. The molecule has 0 spiro atoms. The van der Waals surface area contributed by atoms with Crippen LogP contribution in [0.5, 0.6) is 5.75 Å². The minimum atomic E-state index is -2.36. The number of benzene rings is 1. The van der Waals surface area contributed by atoms with E-state index in [1.807, 2.05) is 0 Å². The molecule has 0 atom stereocenters. The van der Waals surface area contributed by atoms with E-state index in [0.717, 1.165) is 0 Å². The molecule has 0 unspecified atom stereocenters. The number of hydrogen-bond acceptors (Lipinski definition) is 4. The summed E-state index contributed by atoms with van der Waals surface area (Å²) in [5.74, 6) is -13.1. The van der Waals surface area contributed by atoms with Gasteiger partial charge in [-0.2, -0.15) is 15.2 Å². The van der Waals surface area contributed by atoms with E-state index in [1.54, 1.807) is 6.29 Å². The molecule has 116 valence electrons. The Morgan fingerprint density at radius 3 is 1.91 bits per heavy atom. The van der Waals surface area contributed by atoms with E-state index < -0.39 is 41.0 Å². The Bertz CT molecular complexity index is 524. The topological polar surface area (TPSA) is 52.6 Å². The fourth-order valence-corrected chi connectivity index (χ4v) is 1.24. The Labute approximate surface area is 164 Å². The summed E-state index contributed by atoms with van der Waals surface area (Å²) in [5, 5.41) is 0. The molecule has 22 heavy (non-hydrogen) atoms. The van der Waals surface area contributed by atoms with Crippen molar-refractivity contribution in [1.82, 2.24) is 0 Å². The van der Waals surface area contributed by atoms with E-state index in [9.17, 15) is 31.5 Å². The molecule has 0 bridgehead atoms. The maximum Gasteiger partial charge on any atom is 1.00 e. The fraction of sp³-hybridized carbons (Fsp3) is 0.333. The molecule has 0 aliphatic carbocycles. The summed E-state index contributed by atoms with van der Waals surface area (Å²) in [7, 11) is 0. The molecule has 0 radical (unpaired) electrons. The molecule has 0 saturated heterocycles. The minimum absolute atomic E-state index is 0. The van der Waals surface area contributed by atoms with Gasteiger partial charge in [0.05, 0.1) is 6.61 Å². The number of carbonyl (C=O) groups excluding carboxylic acids is 2. The van der Waals surface area contributed by atoms with Gasteiger partial charge in [0.1, 0.15) is 0 Å². The van der Waals surface area contributed by atoms with E-state index in [2.05, 4.69) is 9.47 Å². The smallest absolute Gasteiger partial charge is 0.542 e. The molecule has 0 N–H and O–H groups in total. The molecule has 0 amide bonds. The summed E-state index contributed by atoms with van der Waals surface area (Å²) in [6, 6.07) is 0. The van der Waals surface area contributed by atoms with Crippen molar-refractivity contribution in [3.63, 3.8) is 0 Å². The molecule has 4 nitrogen and oxygen atoms in total. The SMILES string of the molecule is O=[C-]CCCCOC(=O)Oc1c(F)c(F)c(F)c(F)c1F.[K+]. The Morgan fingerprint density at radius 2 is 1.41 bits per heavy atom. The van der Waals surface area contributed by atoms with E-state index in [1.165, 1.54) is 0 Å². The van der Waals surface area contributed by atoms with Gasteiger partial charge in [0.25, 0.3) is 0 Å². The van der Waals surface area contributed by atoms with Gasteiger partial charge >= 0.3 is 57.5 Å². The quantitative estimate of drug-likeness (QED) is 0.107. The average molecular weight is 350 g/mol. The molecular weight excluding hydrogens is 342 g/mol. The summed E-state index contributed by atoms with van der Waals surface area (Å²) in [6.07, 6.45) is 0.649. The number of unbranched alkanes of at least 4 members (excludes halogenated alkanes) is 2. The van der Waals surface area contributed by atoms with Gasteiger partial charge in [-0.05, 0) is 6.42 Å². The molecule has 1 aromatic rings. The first-order valence-electron chi connectivity index (χ1n) is 5.61. The van der Waals surface area contributed by atoms with Gasteiger partial charge in [0.2, 0.25) is 34.8 Å². The van der Waals surface area contributed by atoms with Crippen LogP contribution in [0.25, 0.3) is 0 Å². The second-order valence-corrected chi connectivity index (χ2v) is 3.70. The second-order valence-electron chi connectivity index (χ2n) is 3.70. The zero-order chi connectivity index (χ0) is 16.0. The number of halogens is 5. The van der Waals surface area contributed by atoms with E-state index >= 15 is 0 Å². The van der Waals surface area contributed by atoms with Crippen LogP contribution in [0.1, 0.15) is 19.3 Å². The summed E-state index contributed by atoms with van der Waals surface area (Å²) in [4.78, 5) is 20.9. The Morgan fingerprint density at radius 1 is 0.909 bits per heavy atom. The molecular formula is C12H8F5KO4. The average Bonchev–Trinajstić information content (AvgIpc) is 2.47. The van der Waals surface area contributed by atoms with Crippen LogP contribution in [0, 0.1) is 29.1 Å². The first-order valence-corrected chi connectivity index (χ1v) is 5.61. The van der Waals surface area contributed by atoms with Crippen molar-refractivity contribution in [3.8, 4) is 5.75 Å². The molecule has 0 saturated carbocycles. The monoisotopic (exact) mass is 350 g/mol. The van der Waals surface area contributed by atoms with Crippen molar-refractivity contribution in [1.29, 1.82) is 0 Å². The first-order chi connectivity index (χ1) is 9.90. The third-order valence-electron chi connectivity index (χ3n) is 2.25. The summed E-state index contributed by atoms with van der Waals surface area (Å²) < 4.78 is 73.0. The van der Waals surface area contributed by atoms with Crippen molar-refractivity contribution < 1.29 is 92.4 Å². The van der Waals surface area contributed by atoms with Crippen molar-refractivity contribution >= 4 is 12.4 Å². The van der Waals surface area contributed by atoms with Crippen molar-refractivity contribution in [3.05, 3.63) is 29.1 Å². The van der Waals surface area contributed by atoms with Crippen LogP contribution >= 0.6 is 0 Å². The van der Waals surface area contributed by atoms with Crippen LogP contribution in [0.15, 0.2) is 0 Å². The molecule has 0 fully saturated rings. The van der Waals surface area contributed by atoms with E-state index in [0.29, 0.717) is 6.42 Å². The van der Waals surface area contributed by atoms with E-state index in [-0.39, 0.29) is 70.8 Å². The van der Waals surface area contributed by atoms with Gasteiger partial charge < -0.3 is 14.3 Å². The largest absolute Gasteiger partial charge is 1.00 e. The maximum absolute atomic E-state index is 13.2. The number of hydrogen-bond donors (Lipinski definition) is 0. The van der Waals surface area contributed by atoms with Crippen molar-refractivity contribution in [2.75, 3.05) is 6.61 Å². The van der Waals surface area contributed by atoms with Crippen LogP contribution in [-0.4, -0.2) is 19.0 Å². The van der Waals surface area contributed by atoms with Gasteiger partial charge in [-0.25, -0.2) is 18.0 Å². The third kappa shape index (κ3) is 5.58. The molecule has 0 heterocycles. The van der Waals surface area contributed by atoms with Gasteiger partial charge in [0, 0.05) is 0 Å². The first kappa shape index (κ1) is 21.4. The summed E-state index contributed by atoms with van der Waals surface area (Å²) in [5.41, 5.74) is 0. The predicted molar refractivity (Wildman–Crippen MR) is 57.8 cm³/mol. The summed E-state index contributed by atoms with van der Waals surface area (Å²) >= 11 is 0.